The number of fused-ring (bicyclic) bond motifs is 5. The minimum atomic E-state index is -0.838. The third-order valence-electron chi connectivity index (χ3n) is 10.2. The Morgan fingerprint density at radius 1 is 0.855 bits per heavy atom. The van der Waals surface area contributed by atoms with Crippen LogP contribution in [-0.2, 0) is 20.6 Å². The van der Waals surface area contributed by atoms with E-state index in [4.69, 9.17) is 14.2 Å². The number of hydrogen-bond donors (Lipinski definition) is 3. The third kappa shape index (κ3) is 12.5. The number of aliphatic hydroxyl groups excluding tert-OH is 2. The summed E-state index contributed by atoms with van der Waals surface area (Å²) < 4.78 is 17.7. The van der Waals surface area contributed by atoms with Crippen molar-refractivity contribution in [2.75, 3.05) is 7.11 Å². The molecule has 7 atom stereocenters. The maximum absolute atomic E-state index is 13.4. The van der Waals surface area contributed by atoms with Crippen molar-refractivity contribution in [3.63, 3.8) is 0 Å². The molecule has 3 heterocycles. The molecule has 1 aliphatic carbocycles. The molecule has 0 saturated heterocycles. The first-order valence-corrected chi connectivity index (χ1v) is 19.8. The summed E-state index contributed by atoms with van der Waals surface area (Å²) in [6.45, 7) is 11.2. The molecule has 2 aromatic rings. The predicted molar refractivity (Wildman–Crippen MR) is 218 cm³/mol. The number of imidazole rings is 1. The average molecular weight is 772 g/mol. The van der Waals surface area contributed by atoms with Crippen LogP contribution in [0.2, 0.25) is 0 Å². The number of hydrogen-bond acceptors (Lipinski definition) is 10. The van der Waals surface area contributed by atoms with Crippen LogP contribution in [0, 0.1) is 22.7 Å². The fourth-order valence-corrected chi connectivity index (χ4v) is 6.87. The van der Waals surface area contributed by atoms with Gasteiger partial charge >= 0.3 is 11.9 Å². The minimum Gasteiger partial charge on any atom is -0.457 e. The largest absolute Gasteiger partial charge is 0.457 e. The Labute approximate surface area is 329 Å². The third-order valence-corrected chi connectivity index (χ3v) is 11.1. The molecule has 0 spiro atoms. The normalized spacial score (nSPS) is 28.3. The molecular weight excluding hydrogens is 715 g/mol. The van der Waals surface area contributed by atoms with Gasteiger partial charge < -0.3 is 29.4 Å². The van der Waals surface area contributed by atoms with E-state index in [9.17, 15) is 19.8 Å². The fraction of sp³-hybridized carbons (Fsp3) is 0.455. The number of nitrogens with zero attached hydrogens (tertiary/aromatic N) is 2. The Balaban J connectivity index is 1.58. The van der Waals surface area contributed by atoms with E-state index in [1.54, 1.807) is 42.9 Å². The molecule has 0 unspecified atom stereocenters. The van der Waals surface area contributed by atoms with Crippen molar-refractivity contribution in [2.24, 2.45) is 22.7 Å². The number of thiazole rings is 1. The molecule has 296 valence electrons. The van der Waals surface area contributed by atoms with Gasteiger partial charge in [0.25, 0.3) is 0 Å². The highest BCUT2D eigenvalue weighted by Crippen LogP contribution is 2.41. The lowest BCUT2D eigenvalue weighted by molar-refractivity contribution is -0.0461. The summed E-state index contributed by atoms with van der Waals surface area (Å²) >= 11 is 1.37. The van der Waals surface area contributed by atoms with Crippen molar-refractivity contribution in [3.05, 3.63) is 125 Å². The second kappa shape index (κ2) is 20.5. The highest BCUT2D eigenvalue weighted by Gasteiger charge is 2.39. The van der Waals surface area contributed by atoms with E-state index in [-0.39, 0.29) is 17.5 Å². The number of H-pyrrole nitrogens is 1. The summed E-state index contributed by atoms with van der Waals surface area (Å²) in [4.78, 5) is 38.6. The SMILES string of the molecule is C/C=C/[C@H](O)C(C)(C)[C@@H]1C/C=C\[C@H]2C[C@H]2/C=C/C=C\c2ncc([nH]2)C(=O)O[C@H](C(C)(C)[C@@H](O)/C=C/C)C\C=C/C=C\C=C\[C@H](OC)Cc2nc(cs2)C(=O)O1. The minimum absolute atomic E-state index is 0.220. The number of aromatic amines is 1. The van der Waals surface area contributed by atoms with Crippen LogP contribution in [-0.4, -0.2) is 74.7 Å². The van der Waals surface area contributed by atoms with Gasteiger partial charge in [-0.1, -0.05) is 119 Å². The predicted octanol–water partition coefficient (Wildman–Crippen LogP) is 8.33. The van der Waals surface area contributed by atoms with Crippen LogP contribution < -0.4 is 0 Å². The Bertz CT molecular complexity index is 1810. The number of allylic oxidation sites excluding steroid dienone is 10. The lowest BCUT2D eigenvalue weighted by Gasteiger charge is -2.36. The first-order valence-electron chi connectivity index (χ1n) is 18.9. The van der Waals surface area contributed by atoms with Crippen LogP contribution in [0.1, 0.15) is 92.6 Å². The summed E-state index contributed by atoms with van der Waals surface area (Å²) in [7, 11) is 1.62. The molecule has 11 heteroatoms. The van der Waals surface area contributed by atoms with Crippen molar-refractivity contribution < 1.29 is 34.0 Å². The number of aliphatic hydroxyl groups is 2. The number of cyclic esters (lactones) is 2. The zero-order valence-corrected chi connectivity index (χ0v) is 33.8. The lowest BCUT2D eigenvalue weighted by Crippen LogP contribution is -2.42. The molecule has 2 aromatic heterocycles. The Morgan fingerprint density at radius 3 is 2.15 bits per heavy atom. The molecule has 4 bridgehead atoms. The number of methoxy groups -OCH3 is 1. The molecule has 1 saturated carbocycles. The smallest absolute Gasteiger partial charge is 0.358 e. The topological polar surface area (TPSA) is 144 Å². The first-order chi connectivity index (χ1) is 26.3. The molecular formula is C44H57N3O7S. The monoisotopic (exact) mass is 771 g/mol. The Morgan fingerprint density at radius 2 is 1.47 bits per heavy atom. The molecule has 4 rings (SSSR count). The van der Waals surface area contributed by atoms with E-state index in [1.807, 2.05) is 96.2 Å². The van der Waals surface area contributed by atoms with Gasteiger partial charge in [-0.25, -0.2) is 19.6 Å². The van der Waals surface area contributed by atoms with E-state index < -0.39 is 47.2 Å². The quantitative estimate of drug-likeness (QED) is 0.187. The van der Waals surface area contributed by atoms with Gasteiger partial charge in [-0.3, -0.25) is 0 Å². The second-order valence-electron chi connectivity index (χ2n) is 15.1. The summed E-state index contributed by atoms with van der Waals surface area (Å²) in [6.07, 6.45) is 30.7. The highest BCUT2D eigenvalue weighted by atomic mass is 32.1. The van der Waals surface area contributed by atoms with Gasteiger partial charge in [0.2, 0.25) is 0 Å². The van der Waals surface area contributed by atoms with Crippen molar-refractivity contribution in [2.45, 2.75) is 97.7 Å². The zero-order valence-electron chi connectivity index (χ0n) is 33.0. The molecule has 0 amide bonds. The van der Waals surface area contributed by atoms with Gasteiger partial charge in [0, 0.05) is 42.6 Å². The van der Waals surface area contributed by atoms with E-state index in [0.29, 0.717) is 36.9 Å². The van der Waals surface area contributed by atoms with E-state index in [1.165, 1.54) is 17.5 Å². The van der Waals surface area contributed by atoms with Crippen molar-refractivity contribution >= 4 is 29.4 Å². The summed E-state index contributed by atoms with van der Waals surface area (Å²) in [5, 5.41) is 24.3. The standard InChI is InChI=1S/C44H57N3O7S/c1-8-18-35(48)43(3,4)37-23-14-12-10-11-13-22-32(52-7)27-40-47-34(29-55-40)42(51)54-38(44(5,6)36(49)19-9-2)24-17-21-31-26-30(31)20-15-16-25-39-45-28-33(46-39)41(50)53-37/h8-22,25,28-32,35-38,48-49H,23-24,26-27H2,1-7H3,(H,45,46)/b11-10-,14-12-,18-8+,19-9+,20-15+,21-17-,22-13+,25-16-/t30-,31+,32+,35+,36+,37+,38+/m1/s1. The van der Waals surface area contributed by atoms with Crippen LogP contribution in [0.5, 0.6) is 0 Å². The molecule has 55 heavy (non-hydrogen) atoms. The molecule has 2 aliphatic rings. The number of rotatable bonds is 7. The summed E-state index contributed by atoms with van der Waals surface area (Å²) in [5.74, 6) is 0.155. The van der Waals surface area contributed by atoms with Gasteiger partial charge in [-0.05, 0) is 38.2 Å². The zero-order chi connectivity index (χ0) is 40.0. The molecule has 10 nitrogen and oxygen atoms in total. The molecule has 0 aromatic carbocycles. The molecule has 1 fully saturated rings. The maximum atomic E-state index is 13.4. The number of ether oxygens (including phenoxy) is 3. The summed E-state index contributed by atoms with van der Waals surface area (Å²) in [5.41, 5.74) is -1.10. The Hall–Kier alpha value is -4.42. The number of nitrogens with one attached hydrogen (secondary N) is 1. The number of esters is 2. The van der Waals surface area contributed by atoms with Gasteiger partial charge in [-0.2, -0.15) is 0 Å². The highest BCUT2D eigenvalue weighted by molar-refractivity contribution is 7.09. The maximum Gasteiger partial charge on any atom is 0.358 e. The first kappa shape index (κ1) is 43.3. The van der Waals surface area contributed by atoms with E-state index in [0.717, 1.165) is 11.4 Å². The lowest BCUT2D eigenvalue weighted by atomic mass is 9.79. The van der Waals surface area contributed by atoms with Gasteiger partial charge in [-0.15, -0.1) is 11.3 Å². The molecule has 1 aliphatic heterocycles. The van der Waals surface area contributed by atoms with E-state index >= 15 is 0 Å². The number of carbonyl (C=O) groups excluding carboxylic acids is 2. The van der Waals surface area contributed by atoms with Crippen LogP contribution in [0.4, 0.5) is 0 Å². The van der Waals surface area contributed by atoms with Crippen LogP contribution in [0.25, 0.3) is 6.08 Å². The second-order valence-corrected chi connectivity index (χ2v) is 16.0. The van der Waals surface area contributed by atoms with Gasteiger partial charge in [0.05, 0.1) is 29.5 Å². The van der Waals surface area contributed by atoms with Gasteiger partial charge in [0.1, 0.15) is 23.7 Å². The van der Waals surface area contributed by atoms with Crippen LogP contribution in [0.3, 0.4) is 0 Å². The average Bonchev–Trinajstić information content (AvgIpc) is 3.47. The fourth-order valence-electron chi connectivity index (χ4n) is 6.06. The summed E-state index contributed by atoms with van der Waals surface area (Å²) in [6, 6.07) is 0. The van der Waals surface area contributed by atoms with Crippen molar-refractivity contribution in [1.29, 1.82) is 0 Å². The van der Waals surface area contributed by atoms with Crippen LogP contribution >= 0.6 is 11.3 Å². The van der Waals surface area contributed by atoms with E-state index in [2.05, 4.69) is 27.1 Å². The van der Waals surface area contributed by atoms with Crippen molar-refractivity contribution in [1.82, 2.24) is 15.0 Å². The Kier molecular flexibility index (Phi) is 16.1. The number of aromatic nitrogens is 3. The molecule has 3 N–H and O–H groups in total. The van der Waals surface area contributed by atoms with Crippen molar-refractivity contribution in [3.8, 4) is 0 Å². The molecule has 0 radical (unpaired) electrons. The van der Waals surface area contributed by atoms with Gasteiger partial charge in [0.15, 0.2) is 5.69 Å². The number of carbonyl (C=O) groups is 2. The van der Waals surface area contributed by atoms with Crippen LogP contribution in [0.15, 0.2) is 103 Å².